The lowest BCUT2D eigenvalue weighted by Crippen LogP contribution is -2.48. The van der Waals surface area contributed by atoms with Gasteiger partial charge in [-0.25, -0.2) is 18.1 Å². The van der Waals surface area contributed by atoms with Crippen molar-refractivity contribution in [2.75, 3.05) is 23.4 Å². The molecule has 26 heavy (non-hydrogen) atoms. The highest BCUT2D eigenvalue weighted by Crippen LogP contribution is 2.18. The van der Waals surface area contributed by atoms with E-state index in [1.807, 2.05) is 12.1 Å². The number of hydrogen-bond donors (Lipinski definition) is 3. The summed E-state index contributed by atoms with van der Waals surface area (Å²) in [6.07, 6.45) is 2.67. The number of nitrogens with one attached hydrogen (secondary N) is 3. The van der Waals surface area contributed by atoms with E-state index in [4.69, 9.17) is 0 Å². The van der Waals surface area contributed by atoms with Crippen LogP contribution in [-0.2, 0) is 10.0 Å². The van der Waals surface area contributed by atoms with Crippen LogP contribution in [-0.4, -0.2) is 37.6 Å². The maximum absolute atomic E-state index is 12.6. The number of halogens is 1. The second kappa shape index (κ2) is 8.15. The SMILES string of the molecule is CC(C)(CNc1ncccc1C(=O)Nc1ccc(Br)cc1)NS(C)(=O)=O. The van der Waals surface area contributed by atoms with Gasteiger partial charge in [0.05, 0.1) is 11.8 Å². The number of carbonyl (C=O) groups is 1. The summed E-state index contributed by atoms with van der Waals surface area (Å²) in [5.41, 5.74) is 0.280. The Morgan fingerprint density at radius 1 is 1.19 bits per heavy atom. The van der Waals surface area contributed by atoms with E-state index in [1.54, 1.807) is 44.3 Å². The van der Waals surface area contributed by atoms with Crippen molar-refractivity contribution in [3.8, 4) is 0 Å². The zero-order chi connectivity index (χ0) is 19.4. The molecule has 2 aromatic rings. The molecule has 1 aromatic carbocycles. The van der Waals surface area contributed by atoms with E-state index in [0.717, 1.165) is 10.7 Å². The van der Waals surface area contributed by atoms with Crippen LogP contribution in [0.1, 0.15) is 24.2 Å². The molecule has 0 atom stereocenters. The Labute approximate surface area is 161 Å². The van der Waals surface area contributed by atoms with E-state index in [2.05, 4.69) is 36.3 Å². The van der Waals surface area contributed by atoms with Crippen LogP contribution in [0.4, 0.5) is 11.5 Å². The molecule has 0 saturated carbocycles. The smallest absolute Gasteiger partial charge is 0.259 e. The van der Waals surface area contributed by atoms with Crippen LogP contribution in [0.2, 0.25) is 0 Å². The molecule has 0 aliphatic heterocycles. The summed E-state index contributed by atoms with van der Waals surface area (Å²) in [6.45, 7) is 3.74. The van der Waals surface area contributed by atoms with Crippen molar-refractivity contribution in [1.29, 1.82) is 0 Å². The fourth-order valence-electron chi connectivity index (χ4n) is 2.30. The quantitative estimate of drug-likeness (QED) is 0.614. The number of aromatic nitrogens is 1. The van der Waals surface area contributed by atoms with Crippen molar-refractivity contribution in [3.63, 3.8) is 0 Å². The molecule has 0 saturated heterocycles. The summed E-state index contributed by atoms with van der Waals surface area (Å²) in [6, 6.07) is 10.5. The van der Waals surface area contributed by atoms with E-state index >= 15 is 0 Å². The Morgan fingerprint density at radius 3 is 2.46 bits per heavy atom. The van der Waals surface area contributed by atoms with Crippen molar-refractivity contribution < 1.29 is 13.2 Å². The number of carbonyl (C=O) groups excluding carboxylic acids is 1. The van der Waals surface area contributed by atoms with Crippen LogP contribution < -0.4 is 15.4 Å². The minimum Gasteiger partial charge on any atom is -0.368 e. The molecule has 2 rings (SSSR count). The third-order valence-corrected chi connectivity index (χ3v) is 4.77. The summed E-state index contributed by atoms with van der Waals surface area (Å²) in [4.78, 5) is 16.8. The first-order valence-electron chi connectivity index (χ1n) is 7.80. The van der Waals surface area contributed by atoms with Crippen LogP contribution in [0.25, 0.3) is 0 Å². The Morgan fingerprint density at radius 2 is 1.85 bits per heavy atom. The summed E-state index contributed by atoms with van der Waals surface area (Å²) in [5.74, 6) is 0.0716. The van der Waals surface area contributed by atoms with Gasteiger partial charge in [0.25, 0.3) is 5.91 Å². The van der Waals surface area contributed by atoms with Gasteiger partial charge in [0, 0.05) is 28.4 Å². The maximum Gasteiger partial charge on any atom is 0.259 e. The van der Waals surface area contributed by atoms with Crippen LogP contribution >= 0.6 is 15.9 Å². The van der Waals surface area contributed by atoms with Gasteiger partial charge in [-0.15, -0.1) is 0 Å². The van der Waals surface area contributed by atoms with E-state index in [1.165, 1.54) is 0 Å². The second-order valence-electron chi connectivity index (χ2n) is 6.47. The normalized spacial score (nSPS) is 11.8. The highest BCUT2D eigenvalue weighted by molar-refractivity contribution is 9.10. The summed E-state index contributed by atoms with van der Waals surface area (Å²) >= 11 is 3.35. The summed E-state index contributed by atoms with van der Waals surface area (Å²) in [5, 5.41) is 5.86. The van der Waals surface area contributed by atoms with Crippen molar-refractivity contribution in [3.05, 3.63) is 52.6 Å². The van der Waals surface area contributed by atoms with Gasteiger partial charge in [0.2, 0.25) is 10.0 Å². The Kier molecular flexibility index (Phi) is 6.38. The lowest BCUT2D eigenvalue weighted by molar-refractivity contribution is 0.102. The molecule has 1 aromatic heterocycles. The molecular weight excluding hydrogens is 420 g/mol. The first-order chi connectivity index (χ1) is 12.1. The standard InChI is InChI=1S/C17H21BrN4O3S/c1-17(2,22-26(3,24)25)11-20-15-14(5-4-10-19-15)16(23)21-13-8-6-12(18)7-9-13/h4-10,22H,11H2,1-3H3,(H,19,20)(H,21,23). The molecule has 0 spiro atoms. The zero-order valence-corrected chi connectivity index (χ0v) is 17.1. The van der Waals surface area contributed by atoms with Crippen LogP contribution in [0.15, 0.2) is 47.1 Å². The number of amides is 1. The van der Waals surface area contributed by atoms with Crippen molar-refractivity contribution in [2.45, 2.75) is 19.4 Å². The number of sulfonamides is 1. The molecular formula is C17H21BrN4O3S. The highest BCUT2D eigenvalue weighted by Gasteiger charge is 2.23. The largest absolute Gasteiger partial charge is 0.368 e. The molecule has 0 radical (unpaired) electrons. The molecule has 0 aliphatic rings. The fraction of sp³-hybridized carbons (Fsp3) is 0.294. The maximum atomic E-state index is 12.6. The third kappa shape index (κ3) is 6.40. The molecule has 3 N–H and O–H groups in total. The van der Waals surface area contributed by atoms with Gasteiger partial charge >= 0.3 is 0 Å². The van der Waals surface area contributed by atoms with E-state index in [0.29, 0.717) is 17.1 Å². The van der Waals surface area contributed by atoms with Gasteiger partial charge in [-0.3, -0.25) is 4.79 Å². The van der Waals surface area contributed by atoms with E-state index in [9.17, 15) is 13.2 Å². The lowest BCUT2D eigenvalue weighted by atomic mass is 10.1. The molecule has 9 heteroatoms. The fourth-order valence-corrected chi connectivity index (χ4v) is 3.64. The molecule has 1 amide bonds. The Bertz CT molecular complexity index is 883. The molecule has 0 bridgehead atoms. The minimum absolute atomic E-state index is 0.260. The number of benzene rings is 1. The van der Waals surface area contributed by atoms with Crippen molar-refractivity contribution >= 4 is 43.4 Å². The minimum atomic E-state index is -3.35. The average Bonchev–Trinajstić information content (AvgIpc) is 2.53. The Balaban J connectivity index is 2.11. The number of pyridine rings is 1. The van der Waals surface area contributed by atoms with Gasteiger partial charge in [-0.2, -0.15) is 0 Å². The first kappa shape index (κ1) is 20.3. The first-order valence-corrected chi connectivity index (χ1v) is 10.5. The van der Waals surface area contributed by atoms with E-state index in [-0.39, 0.29) is 12.5 Å². The van der Waals surface area contributed by atoms with Gasteiger partial charge in [0.1, 0.15) is 5.82 Å². The van der Waals surface area contributed by atoms with Gasteiger partial charge in [-0.1, -0.05) is 15.9 Å². The van der Waals surface area contributed by atoms with Crippen LogP contribution in [0, 0.1) is 0 Å². The number of rotatable bonds is 7. The number of anilines is 2. The summed E-state index contributed by atoms with van der Waals surface area (Å²) < 4.78 is 26.3. The summed E-state index contributed by atoms with van der Waals surface area (Å²) in [7, 11) is -3.35. The second-order valence-corrected chi connectivity index (χ2v) is 9.14. The molecule has 140 valence electrons. The Hall–Kier alpha value is -1.97. The molecule has 7 nitrogen and oxygen atoms in total. The van der Waals surface area contributed by atoms with Gasteiger partial charge in [0.15, 0.2) is 0 Å². The van der Waals surface area contributed by atoms with Crippen LogP contribution in [0.3, 0.4) is 0 Å². The molecule has 0 aliphatic carbocycles. The monoisotopic (exact) mass is 440 g/mol. The molecule has 0 fully saturated rings. The van der Waals surface area contributed by atoms with E-state index < -0.39 is 15.6 Å². The predicted octanol–water partition coefficient (Wildman–Crippen LogP) is 2.84. The van der Waals surface area contributed by atoms with Crippen molar-refractivity contribution in [1.82, 2.24) is 9.71 Å². The molecule has 0 unspecified atom stereocenters. The average molecular weight is 441 g/mol. The topological polar surface area (TPSA) is 100 Å². The highest BCUT2D eigenvalue weighted by atomic mass is 79.9. The van der Waals surface area contributed by atoms with Gasteiger partial charge in [-0.05, 0) is 50.2 Å². The number of nitrogens with zero attached hydrogens (tertiary/aromatic N) is 1. The van der Waals surface area contributed by atoms with Crippen LogP contribution in [0.5, 0.6) is 0 Å². The molecule has 1 heterocycles. The predicted molar refractivity (Wildman–Crippen MR) is 107 cm³/mol. The van der Waals surface area contributed by atoms with Crippen molar-refractivity contribution in [2.24, 2.45) is 0 Å². The third-order valence-electron chi connectivity index (χ3n) is 3.31. The number of hydrogen-bond acceptors (Lipinski definition) is 5. The lowest BCUT2D eigenvalue weighted by Gasteiger charge is -2.26. The van der Waals surface area contributed by atoms with Gasteiger partial charge < -0.3 is 10.6 Å². The zero-order valence-electron chi connectivity index (χ0n) is 14.7.